The Morgan fingerprint density at radius 3 is 2.54 bits per heavy atom. The number of nitrogens with two attached hydrogens (primary N) is 1. The highest BCUT2D eigenvalue weighted by Crippen LogP contribution is 2.45. The minimum atomic E-state index is -0.316. The largest absolute Gasteiger partial charge is 0.420 e. The maximum atomic E-state index is 9.72. The fraction of sp³-hybridized carbons (Fsp3) is 0.143. The molecule has 0 amide bonds. The van der Waals surface area contributed by atoms with Gasteiger partial charge < -0.3 is 10.5 Å². The van der Waals surface area contributed by atoms with Crippen LogP contribution in [-0.2, 0) is 6.42 Å². The minimum absolute atomic E-state index is 0.107. The molecule has 0 unspecified atom stereocenters. The van der Waals surface area contributed by atoms with Crippen LogP contribution >= 0.6 is 0 Å². The molecule has 5 heteroatoms. The second-order valence-electron chi connectivity index (χ2n) is 6.20. The molecule has 0 aliphatic carbocycles. The average molecular weight is 342 g/mol. The van der Waals surface area contributed by atoms with Gasteiger partial charge in [-0.25, -0.2) is 0 Å². The summed E-state index contributed by atoms with van der Waals surface area (Å²) in [6, 6.07) is 20.4. The Bertz CT molecular complexity index is 1010. The van der Waals surface area contributed by atoms with Gasteiger partial charge >= 0.3 is 0 Å². The molecule has 0 saturated heterocycles. The van der Waals surface area contributed by atoms with Gasteiger partial charge in [-0.3, -0.25) is 5.10 Å². The molecule has 0 fully saturated rings. The zero-order valence-electron chi connectivity index (χ0n) is 14.4. The summed E-state index contributed by atoms with van der Waals surface area (Å²) < 4.78 is 5.63. The Morgan fingerprint density at radius 1 is 1.15 bits per heavy atom. The van der Waals surface area contributed by atoms with Crippen LogP contribution in [0.3, 0.4) is 0 Å². The van der Waals surface area contributed by atoms with Crippen LogP contribution in [0.5, 0.6) is 5.88 Å². The molecule has 128 valence electrons. The maximum Gasteiger partial charge on any atom is 0.244 e. The number of H-pyrrole nitrogens is 1. The highest BCUT2D eigenvalue weighted by atomic mass is 16.5. The van der Waals surface area contributed by atoms with E-state index in [2.05, 4.69) is 35.3 Å². The molecule has 1 aliphatic rings. The molecule has 1 aliphatic heterocycles. The third kappa shape index (κ3) is 2.52. The Labute approximate surface area is 151 Å². The molecule has 2 heterocycles. The van der Waals surface area contributed by atoms with Crippen LogP contribution in [0.2, 0.25) is 0 Å². The molecular weight excluding hydrogens is 324 g/mol. The van der Waals surface area contributed by atoms with Crippen molar-refractivity contribution >= 4 is 0 Å². The molecule has 3 N–H and O–H groups in total. The standard InChI is InChI=1S/C21H18N4O/c1-2-13-8-10-14(11-9-13)17-16(12-22)20(23)26-21-18(17)19(24-25-21)15-6-4-3-5-7-15/h3-11,17H,2,23H2,1H3,(H,24,25)/t17-/m0/s1. The topological polar surface area (TPSA) is 87.7 Å². The quantitative estimate of drug-likeness (QED) is 0.756. The zero-order chi connectivity index (χ0) is 18.1. The fourth-order valence-electron chi connectivity index (χ4n) is 3.35. The van der Waals surface area contributed by atoms with Gasteiger partial charge in [-0.2, -0.15) is 5.26 Å². The van der Waals surface area contributed by atoms with E-state index in [1.165, 1.54) is 5.56 Å². The third-order valence-electron chi connectivity index (χ3n) is 4.72. The van der Waals surface area contributed by atoms with Gasteiger partial charge in [0.15, 0.2) is 0 Å². The maximum absolute atomic E-state index is 9.72. The zero-order valence-corrected chi connectivity index (χ0v) is 14.4. The van der Waals surface area contributed by atoms with Crippen molar-refractivity contribution in [3.8, 4) is 23.2 Å². The van der Waals surface area contributed by atoms with Crippen molar-refractivity contribution in [2.24, 2.45) is 5.73 Å². The summed E-state index contributed by atoms with van der Waals surface area (Å²) in [5.41, 5.74) is 11.3. The number of aromatic nitrogens is 2. The van der Waals surface area contributed by atoms with E-state index in [0.717, 1.165) is 28.8 Å². The SMILES string of the molecule is CCc1ccc([C@H]2C(C#N)=C(N)Oc3n[nH]c(-c4ccccc4)c32)cc1. The lowest BCUT2D eigenvalue weighted by atomic mass is 9.82. The second kappa shape index (κ2) is 6.41. The van der Waals surface area contributed by atoms with Crippen molar-refractivity contribution in [3.05, 3.63) is 82.7 Å². The van der Waals surface area contributed by atoms with Gasteiger partial charge in [-0.15, -0.1) is 5.10 Å². The predicted octanol–water partition coefficient (Wildman–Crippen LogP) is 3.86. The van der Waals surface area contributed by atoms with Crippen molar-refractivity contribution in [1.29, 1.82) is 5.26 Å². The van der Waals surface area contributed by atoms with E-state index in [9.17, 15) is 5.26 Å². The molecule has 0 bridgehead atoms. The number of ether oxygens (including phenoxy) is 1. The van der Waals surface area contributed by atoms with Gasteiger partial charge in [0.1, 0.15) is 11.6 Å². The van der Waals surface area contributed by atoms with Gasteiger partial charge in [-0.05, 0) is 23.1 Å². The first-order valence-electron chi connectivity index (χ1n) is 8.53. The molecule has 26 heavy (non-hydrogen) atoms. The van der Waals surface area contributed by atoms with Crippen LogP contribution < -0.4 is 10.5 Å². The van der Waals surface area contributed by atoms with Crippen LogP contribution in [0, 0.1) is 11.3 Å². The molecule has 1 atom stereocenters. The number of hydrogen-bond acceptors (Lipinski definition) is 4. The summed E-state index contributed by atoms with van der Waals surface area (Å²) in [5.74, 6) is 0.212. The van der Waals surface area contributed by atoms with Crippen molar-refractivity contribution in [3.63, 3.8) is 0 Å². The lowest BCUT2D eigenvalue weighted by molar-refractivity contribution is 0.379. The number of nitrogens with one attached hydrogen (secondary N) is 1. The molecule has 2 aromatic carbocycles. The van der Waals surface area contributed by atoms with Crippen LogP contribution in [0.4, 0.5) is 0 Å². The number of aryl methyl sites for hydroxylation is 1. The molecule has 0 spiro atoms. The number of nitriles is 1. The van der Waals surface area contributed by atoms with E-state index >= 15 is 0 Å². The van der Waals surface area contributed by atoms with Crippen molar-refractivity contribution in [2.75, 3.05) is 0 Å². The van der Waals surface area contributed by atoms with Crippen molar-refractivity contribution in [1.82, 2.24) is 10.2 Å². The Morgan fingerprint density at radius 2 is 1.88 bits per heavy atom. The molecule has 5 nitrogen and oxygen atoms in total. The smallest absolute Gasteiger partial charge is 0.244 e. The third-order valence-corrected chi connectivity index (χ3v) is 4.72. The first-order chi connectivity index (χ1) is 12.7. The average Bonchev–Trinajstić information content (AvgIpc) is 3.11. The van der Waals surface area contributed by atoms with Gasteiger partial charge in [0, 0.05) is 0 Å². The molecule has 0 saturated carbocycles. The summed E-state index contributed by atoms with van der Waals surface area (Å²) in [6.07, 6.45) is 0.962. The van der Waals surface area contributed by atoms with Crippen molar-refractivity contribution < 1.29 is 4.74 Å². The number of hydrogen-bond donors (Lipinski definition) is 2. The van der Waals surface area contributed by atoms with Gasteiger partial charge in [0.25, 0.3) is 0 Å². The summed E-state index contributed by atoms with van der Waals surface area (Å²) >= 11 is 0. The second-order valence-corrected chi connectivity index (χ2v) is 6.20. The summed E-state index contributed by atoms with van der Waals surface area (Å²) in [7, 11) is 0. The number of allylic oxidation sites excluding steroid dienone is 1. The van der Waals surface area contributed by atoms with E-state index < -0.39 is 0 Å². The number of fused-ring (bicyclic) bond motifs is 1. The van der Waals surface area contributed by atoms with E-state index in [0.29, 0.717) is 11.5 Å². The normalized spacial score (nSPS) is 15.9. The summed E-state index contributed by atoms with van der Waals surface area (Å²) in [5, 5.41) is 17.1. The van der Waals surface area contributed by atoms with Gasteiger partial charge in [-0.1, -0.05) is 61.5 Å². The molecule has 1 aromatic heterocycles. The monoisotopic (exact) mass is 342 g/mol. The van der Waals surface area contributed by atoms with Crippen LogP contribution in [-0.4, -0.2) is 10.2 Å². The molecule has 3 aromatic rings. The fourth-order valence-corrected chi connectivity index (χ4v) is 3.35. The number of aromatic amines is 1. The van der Waals surface area contributed by atoms with Gasteiger partial charge in [0.2, 0.25) is 11.8 Å². The lowest BCUT2D eigenvalue weighted by Gasteiger charge is -2.24. The van der Waals surface area contributed by atoms with Crippen molar-refractivity contribution in [2.45, 2.75) is 19.3 Å². The van der Waals surface area contributed by atoms with E-state index in [-0.39, 0.29) is 11.8 Å². The molecular formula is C21H18N4O. The Balaban J connectivity index is 1.92. The first kappa shape index (κ1) is 16.0. The van der Waals surface area contributed by atoms with E-state index in [4.69, 9.17) is 10.5 Å². The minimum Gasteiger partial charge on any atom is -0.420 e. The highest BCUT2D eigenvalue weighted by Gasteiger charge is 2.35. The predicted molar refractivity (Wildman–Crippen MR) is 99.1 cm³/mol. The van der Waals surface area contributed by atoms with E-state index in [1.807, 2.05) is 42.5 Å². The van der Waals surface area contributed by atoms with Crippen LogP contribution in [0.25, 0.3) is 11.3 Å². The lowest BCUT2D eigenvalue weighted by Crippen LogP contribution is -2.21. The number of rotatable bonds is 3. The number of nitrogens with zero attached hydrogens (tertiary/aromatic N) is 2. The van der Waals surface area contributed by atoms with Gasteiger partial charge in [0.05, 0.1) is 17.2 Å². The molecule has 0 radical (unpaired) electrons. The summed E-state index contributed by atoms with van der Waals surface area (Å²) in [4.78, 5) is 0. The summed E-state index contributed by atoms with van der Waals surface area (Å²) in [6.45, 7) is 2.11. The van der Waals surface area contributed by atoms with Crippen LogP contribution in [0.15, 0.2) is 66.1 Å². The first-order valence-corrected chi connectivity index (χ1v) is 8.53. The Hall–Kier alpha value is -3.52. The van der Waals surface area contributed by atoms with Crippen LogP contribution in [0.1, 0.15) is 29.5 Å². The molecule has 4 rings (SSSR count). The van der Waals surface area contributed by atoms with E-state index in [1.54, 1.807) is 0 Å². The number of benzene rings is 2. The Kier molecular flexibility index (Phi) is 3.94. The highest BCUT2D eigenvalue weighted by molar-refractivity contribution is 5.70.